The van der Waals surface area contributed by atoms with Crippen LogP contribution in [0.5, 0.6) is 0 Å². The number of rotatable bonds is 13. The third kappa shape index (κ3) is 10.7. The van der Waals surface area contributed by atoms with E-state index < -0.39 is 59.5 Å². The Bertz CT molecular complexity index is 1230. The summed E-state index contributed by atoms with van der Waals surface area (Å²) in [6.07, 6.45) is 0.597. The number of aliphatic hydroxyl groups is 1. The lowest BCUT2D eigenvalue weighted by atomic mass is 10.00. The lowest BCUT2D eigenvalue weighted by Gasteiger charge is -2.41. The Morgan fingerprint density at radius 2 is 1.67 bits per heavy atom. The number of amides is 3. The number of hydroxylamine groups is 2. The zero-order chi connectivity index (χ0) is 31.6. The van der Waals surface area contributed by atoms with Gasteiger partial charge in [0.05, 0.1) is 23.9 Å². The molecule has 1 unspecified atom stereocenters. The van der Waals surface area contributed by atoms with Crippen molar-refractivity contribution in [2.45, 2.75) is 76.4 Å². The van der Waals surface area contributed by atoms with Crippen molar-refractivity contribution in [1.29, 1.82) is 0 Å². The van der Waals surface area contributed by atoms with Crippen LogP contribution in [0.25, 0.3) is 0 Å². The second-order valence-electron chi connectivity index (χ2n) is 11.8. The minimum Gasteiger partial charge on any atom is -0.756 e. The first-order valence-corrected chi connectivity index (χ1v) is 16.1. The van der Waals surface area contributed by atoms with Crippen LogP contribution in [0.4, 0.5) is 4.79 Å². The van der Waals surface area contributed by atoms with Crippen molar-refractivity contribution in [2.75, 3.05) is 25.1 Å². The topological polar surface area (TPSA) is 151 Å². The van der Waals surface area contributed by atoms with Gasteiger partial charge in [0.2, 0.25) is 11.8 Å². The normalized spacial score (nSPS) is 18.2. The maximum absolute atomic E-state index is 13.4. The molecule has 236 valence electrons. The second kappa shape index (κ2) is 15.9. The number of aliphatic hydroxyl groups excluding tert-OH is 1. The summed E-state index contributed by atoms with van der Waals surface area (Å²) >= 11 is 0. The molecule has 0 bridgehead atoms. The fraction of sp³-hybridized carbons (Fsp3) is 0.516. The molecule has 1 heterocycles. The first kappa shape index (κ1) is 34.2. The van der Waals surface area contributed by atoms with E-state index >= 15 is 0 Å². The van der Waals surface area contributed by atoms with E-state index in [-0.39, 0.29) is 29.4 Å². The molecule has 3 amide bonds. The first-order chi connectivity index (χ1) is 20.3. The van der Waals surface area contributed by atoms with Crippen LogP contribution in [0.2, 0.25) is 0 Å². The van der Waals surface area contributed by atoms with Gasteiger partial charge in [0, 0.05) is 29.1 Å². The molecule has 0 aliphatic carbocycles. The highest BCUT2D eigenvalue weighted by Crippen LogP contribution is 2.27. The van der Waals surface area contributed by atoms with Gasteiger partial charge >= 0.3 is 6.09 Å². The highest BCUT2D eigenvalue weighted by Gasteiger charge is 2.38. The zero-order valence-electron chi connectivity index (χ0n) is 25.2. The van der Waals surface area contributed by atoms with Gasteiger partial charge < -0.3 is 30.7 Å². The summed E-state index contributed by atoms with van der Waals surface area (Å²) in [5.74, 6) is -1.53. The Morgan fingerprint density at radius 3 is 2.26 bits per heavy atom. The van der Waals surface area contributed by atoms with Gasteiger partial charge in [0.25, 0.3) is 0 Å². The standard InChI is InChI=1S/C31H43N4O7S/c1-31(2,3)34-17-11-16-26(34)29(38)35(40)19-27(36)24(18-22-12-7-5-8-13-22)32-28(37)25(21-43(4)41)33-30(39)42-20-23-14-9-6-10-15-23/h5-10,12-15,24-27,36H,11,16-21H2,1-4H3,(H,32,37)(H,33,39)/q-1/t24-,25-,26-,27+,43?/m0/s1. The summed E-state index contributed by atoms with van der Waals surface area (Å²) in [5, 5.41) is 29.6. The molecule has 3 rings (SSSR count). The molecule has 43 heavy (non-hydrogen) atoms. The van der Waals surface area contributed by atoms with Crippen molar-refractivity contribution in [3.63, 3.8) is 0 Å². The molecule has 2 aromatic carbocycles. The Balaban J connectivity index is 1.71. The molecule has 11 nitrogen and oxygen atoms in total. The average Bonchev–Trinajstić information content (AvgIpc) is 3.47. The van der Waals surface area contributed by atoms with Crippen molar-refractivity contribution in [3.05, 3.63) is 77.0 Å². The van der Waals surface area contributed by atoms with E-state index in [4.69, 9.17) is 4.74 Å². The number of likely N-dealkylation sites (tertiary alicyclic amines) is 1. The average molecular weight is 616 g/mol. The summed E-state index contributed by atoms with van der Waals surface area (Å²) in [7, 11) is -1.46. The van der Waals surface area contributed by atoms with Gasteiger partial charge in [0.1, 0.15) is 12.6 Å². The van der Waals surface area contributed by atoms with Crippen LogP contribution in [0.15, 0.2) is 60.7 Å². The minimum atomic E-state index is -1.46. The van der Waals surface area contributed by atoms with Crippen LogP contribution in [0.1, 0.15) is 44.7 Å². The van der Waals surface area contributed by atoms with Crippen LogP contribution >= 0.6 is 0 Å². The van der Waals surface area contributed by atoms with Gasteiger partial charge in [-0.3, -0.25) is 18.7 Å². The van der Waals surface area contributed by atoms with E-state index in [1.54, 1.807) is 36.4 Å². The van der Waals surface area contributed by atoms with Crippen LogP contribution < -0.4 is 10.6 Å². The lowest BCUT2D eigenvalue weighted by Crippen LogP contribution is -2.57. The molecule has 12 heteroatoms. The van der Waals surface area contributed by atoms with Gasteiger partial charge in [-0.2, -0.15) is 0 Å². The molecule has 1 fully saturated rings. The fourth-order valence-corrected chi connectivity index (χ4v) is 5.84. The van der Waals surface area contributed by atoms with E-state index in [9.17, 15) is 28.9 Å². The van der Waals surface area contributed by atoms with Gasteiger partial charge in [-0.15, -0.1) is 0 Å². The molecule has 0 radical (unpaired) electrons. The highest BCUT2D eigenvalue weighted by molar-refractivity contribution is 7.84. The molecule has 0 aromatic heterocycles. The molecule has 0 saturated carbocycles. The van der Waals surface area contributed by atoms with Crippen LogP contribution in [0, 0.1) is 5.21 Å². The van der Waals surface area contributed by atoms with Crippen LogP contribution in [-0.2, 0) is 38.2 Å². The summed E-state index contributed by atoms with van der Waals surface area (Å²) in [6.45, 7) is 6.08. The van der Waals surface area contributed by atoms with E-state index in [0.717, 1.165) is 17.5 Å². The highest BCUT2D eigenvalue weighted by atomic mass is 32.2. The third-order valence-corrected chi connectivity index (χ3v) is 8.11. The Morgan fingerprint density at radius 1 is 1.07 bits per heavy atom. The number of hydrogen-bond donors (Lipinski definition) is 3. The number of nitrogens with one attached hydrogen (secondary N) is 2. The molecule has 1 saturated heterocycles. The van der Waals surface area contributed by atoms with Crippen molar-refractivity contribution in [2.24, 2.45) is 0 Å². The molecule has 2 aromatic rings. The summed E-state index contributed by atoms with van der Waals surface area (Å²) < 4.78 is 17.3. The van der Waals surface area contributed by atoms with E-state index in [1.807, 2.05) is 49.9 Å². The van der Waals surface area contributed by atoms with E-state index in [2.05, 4.69) is 10.6 Å². The molecule has 0 spiro atoms. The monoisotopic (exact) mass is 615 g/mol. The Hall–Kier alpha value is -3.32. The molecule has 5 atom stereocenters. The molecular weight excluding hydrogens is 572 g/mol. The van der Waals surface area contributed by atoms with Gasteiger partial charge in [-0.25, -0.2) is 4.79 Å². The molecule has 3 N–H and O–H groups in total. The summed E-state index contributed by atoms with van der Waals surface area (Å²) in [5.41, 5.74) is 1.23. The maximum atomic E-state index is 13.4. The third-order valence-electron chi connectivity index (χ3n) is 7.31. The molecule has 1 aliphatic rings. The van der Waals surface area contributed by atoms with Crippen LogP contribution in [-0.4, -0.2) is 92.1 Å². The number of carbonyl (C=O) groups excluding carboxylic acids is 3. The molecule has 1 aliphatic heterocycles. The number of alkyl carbamates (subject to hydrolysis) is 1. The molecular formula is C31H43N4O7S-. The number of benzene rings is 2. The number of nitrogens with zero attached hydrogens (tertiary/aromatic N) is 2. The van der Waals surface area contributed by atoms with Crippen LogP contribution in [0.3, 0.4) is 0 Å². The summed E-state index contributed by atoms with van der Waals surface area (Å²) in [6, 6.07) is 15.2. The number of carbonyl (C=O) groups is 3. The van der Waals surface area contributed by atoms with Crippen molar-refractivity contribution in [1.82, 2.24) is 20.6 Å². The lowest BCUT2D eigenvalue weighted by molar-refractivity contribution is -0.136. The smallest absolute Gasteiger partial charge is 0.408 e. The van der Waals surface area contributed by atoms with E-state index in [1.165, 1.54) is 6.26 Å². The number of hydrogen-bond acceptors (Lipinski definition) is 8. The van der Waals surface area contributed by atoms with Gasteiger partial charge in [-0.05, 0) is 57.7 Å². The number of ether oxygens (including phenoxy) is 1. The van der Waals surface area contributed by atoms with Gasteiger partial charge in [-0.1, -0.05) is 60.7 Å². The maximum Gasteiger partial charge on any atom is 0.408 e. The predicted octanol–water partition coefficient (Wildman–Crippen LogP) is 2.34. The fourth-order valence-electron chi connectivity index (χ4n) is 5.14. The quantitative estimate of drug-likeness (QED) is 0.291. The largest absolute Gasteiger partial charge is 0.756 e. The predicted molar refractivity (Wildman–Crippen MR) is 165 cm³/mol. The minimum absolute atomic E-state index is 0.0213. The SMILES string of the molecule is CS(=O)C[C@H](NC(=O)OCc1ccccc1)C(=O)N[C@@H](Cc1ccccc1)[C@H](O)CN([O-])C(=O)[C@@H]1CCCN1C(C)(C)C. The first-order valence-electron chi connectivity index (χ1n) is 14.4. The van der Waals surface area contributed by atoms with E-state index in [0.29, 0.717) is 13.0 Å². The Kier molecular flexibility index (Phi) is 12.7. The van der Waals surface area contributed by atoms with Crippen molar-refractivity contribution < 1.29 is 28.4 Å². The van der Waals surface area contributed by atoms with Crippen molar-refractivity contribution >= 4 is 28.7 Å². The zero-order valence-corrected chi connectivity index (χ0v) is 26.0. The Labute approximate surface area is 256 Å². The van der Waals surface area contributed by atoms with Crippen molar-refractivity contribution in [3.8, 4) is 0 Å². The second-order valence-corrected chi connectivity index (χ2v) is 13.3. The summed E-state index contributed by atoms with van der Waals surface area (Å²) in [4.78, 5) is 41.0. The van der Waals surface area contributed by atoms with Gasteiger partial charge in [0.15, 0.2) is 0 Å².